The highest BCUT2D eigenvalue weighted by molar-refractivity contribution is 5.23. The molecule has 1 aliphatic rings. The van der Waals surface area contributed by atoms with Gasteiger partial charge in [0.1, 0.15) is 0 Å². The standard InChI is InChI=1S/C19H31N/c1-3-16-9-11-18(12-10-16)15-19(20-4-2)14-13-17-7-5-6-8-17/h9-12,17,19-20H,3-8,13-15H2,1-2H3. The third kappa shape index (κ3) is 4.94. The Labute approximate surface area is 125 Å². The van der Waals surface area contributed by atoms with Crippen LogP contribution >= 0.6 is 0 Å². The lowest BCUT2D eigenvalue weighted by atomic mass is 9.94. The number of hydrogen-bond donors (Lipinski definition) is 1. The van der Waals surface area contributed by atoms with Gasteiger partial charge in [-0.25, -0.2) is 0 Å². The van der Waals surface area contributed by atoms with Crippen molar-refractivity contribution in [3.8, 4) is 0 Å². The summed E-state index contributed by atoms with van der Waals surface area (Å²) in [6.45, 7) is 5.53. The zero-order chi connectivity index (χ0) is 14.2. The Balaban J connectivity index is 1.83. The van der Waals surface area contributed by atoms with Crippen LogP contribution < -0.4 is 5.32 Å². The average Bonchev–Trinajstić information content (AvgIpc) is 2.99. The summed E-state index contributed by atoms with van der Waals surface area (Å²) >= 11 is 0. The largest absolute Gasteiger partial charge is 0.314 e. The highest BCUT2D eigenvalue weighted by atomic mass is 14.9. The van der Waals surface area contributed by atoms with Gasteiger partial charge in [0, 0.05) is 6.04 Å². The summed E-state index contributed by atoms with van der Waals surface area (Å²) in [4.78, 5) is 0. The second-order valence-corrected chi connectivity index (χ2v) is 6.36. The van der Waals surface area contributed by atoms with Crippen molar-refractivity contribution < 1.29 is 0 Å². The molecule has 1 fully saturated rings. The highest BCUT2D eigenvalue weighted by Crippen LogP contribution is 2.29. The molecule has 0 radical (unpaired) electrons. The molecule has 0 amide bonds. The van der Waals surface area contributed by atoms with Gasteiger partial charge in [-0.1, -0.05) is 63.8 Å². The van der Waals surface area contributed by atoms with Crippen LogP contribution in [0.4, 0.5) is 0 Å². The molecule has 1 nitrogen and oxygen atoms in total. The maximum absolute atomic E-state index is 3.68. The van der Waals surface area contributed by atoms with Crippen molar-refractivity contribution in [2.24, 2.45) is 5.92 Å². The van der Waals surface area contributed by atoms with E-state index < -0.39 is 0 Å². The summed E-state index contributed by atoms with van der Waals surface area (Å²) < 4.78 is 0. The first-order chi connectivity index (χ1) is 9.81. The van der Waals surface area contributed by atoms with Crippen LogP contribution in [0.3, 0.4) is 0 Å². The molecule has 0 heterocycles. The SMILES string of the molecule is CCNC(CCC1CCCC1)Cc1ccc(CC)cc1. The number of likely N-dealkylation sites (N-methyl/N-ethyl adjacent to an activating group) is 1. The van der Waals surface area contributed by atoms with Crippen LogP contribution in [-0.4, -0.2) is 12.6 Å². The first-order valence-electron chi connectivity index (χ1n) is 8.63. The van der Waals surface area contributed by atoms with E-state index in [-0.39, 0.29) is 0 Å². The first kappa shape index (κ1) is 15.6. The minimum atomic E-state index is 0.660. The molecule has 0 spiro atoms. The van der Waals surface area contributed by atoms with E-state index in [4.69, 9.17) is 0 Å². The molecule has 1 unspecified atom stereocenters. The maximum Gasteiger partial charge on any atom is 0.0107 e. The molecule has 112 valence electrons. The summed E-state index contributed by atoms with van der Waals surface area (Å²) in [6, 6.07) is 9.87. The lowest BCUT2D eigenvalue weighted by Crippen LogP contribution is -2.31. The van der Waals surface area contributed by atoms with E-state index in [9.17, 15) is 0 Å². The third-order valence-electron chi connectivity index (χ3n) is 4.80. The van der Waals surface area contributed by atoms with Crippen LogP contribution in [0.1, 0.15) is 63.5 Å². The molecule has 1 N–H and O–H groups in total. The molecule has 1 aliphatic carbocycles. The molecule has 0 aromatic heterocycles. The van der Waals surface area contributed by atoms with Gasteiger partial charge in [0.05, 0.1) is 0 Å². The van der Waals surface area contributed by atoms with Crippen LogP contribution in [0.2, 0.25) is 0 Å². The van der Waals surface area contributed by atoms with Gasteiger partial charge in [-0.3, -0.25) is 0 Å². The number of rotatable bonds is 8. The van der Waals surface area contributed by atoms with Crippen molar-refractivity contribution >= 4 is 0 Å². The molecule has 0 aliphatic heterocycles. The van der Waals surface area contributed by atoms with E-state index in [0.29, 0.717) is 6.04 Å². The number of hydrogen-bond acceptors (Lipinski definition) is 1. The monoisotopic (exact) mass is 273 g/mol. The second kappa shape index (κ2) is 8.46. The Morgan fingerprint density at radius 1 is 1.05 bits per heavy atom. The van der Waals surface area contributed by atoms with Crippen molar-refractivity contribution in [1.82, 2.24) is 5.32 Å². The molecule has 20 heavy (non-hydrogen) atoms. The van der Waals surface area contributed by atoms with Gasteiger partial charge < -0.3 is 5.32 Å². The summed E-state index contributed by atoms with van der Waals surface area (Å²) in [5.74, 6) is 1.01. The van der Waals surface area contributed by atoms with E-state index in [1.54, 1.807) is 0 Å². The highest BCUT2D eigenvalue weighted by Gasteiger charge is 2.17. The number of benzene rings is 1. The molecule has 1 aromatic rings. The summed E-state index contributed by atoms with van der Waals surface area (Å²) in [5, 5.41) is 3.68. The Morgan fingerprint density at radius 2 is 1.70 bits per heavy atom. The van der Waals surface area contributed by atoms with Gasteiger partial charge in [0.15, 0.2) is 0 Å². The Morgan fingerprint density at radius 3 is 2.30 bits per heavy atom. The molecule has 0 bridgehead atoms. The van der Waals surface area contributed by atoms with Gasteiger partial charge in [-0.2, -0.15) is 0 Å². The van der Waals surface area contributed by atoms with Crippen molar-refractivity contribution in [3.63, 3.8) is 0 Å². The van der Waals surface area contributed by atoms with Gasteiger partial charge in [0.2, 0.25) is 0 Å². The van der Waals surface area contributed by atoms with E-state index in [1.165, 1.54) is 56.1 Å². The fourth-order valence-electron chi connectivity index (χ4n) is 3.50. The van der Waals surface area contributed by atoms with Crippen molar-refractivity contribution in [1.29, 1.82) is 0 Å². The van der Waals surface area contributed by atoms with Crippen molar-refractivity contribution in [3.05, 3.63) is 35.4 Å². The predicted molar refractivity (Wildman–Crippen MR) is 88.2 cm³/mol. The van der Waals surface area contributed by atoms with Gasteiger partial charge in [-0.05, 0) is 49.3 Å². The Kier molecular flexibility index (Phi) is 6.59. The van der Waals surface area contributed by atoms with Crippen LogP contribution in [-0.2, 0) is 12.8 Å². The van der Waals surface area contributed by atoms with E-state index in [2.05, 4.69) is 43.4 Å². The zero-order valence-corrected chi connectivity index (χ0v) is 13.3. The van der Waals surface area contributed by atoms with Crippen molar-refractivity contribution in [2.45, 2.75) is 71.3 Å². The number of aryl methyl sites for hydroxylation is 1. The molecule has 0 saturated heterocycles. The number of nitrogens with one attached hydrogen (secondary N) is 1. The smallest absolute Gasteiger partial charge is 0.0107 e. The lowest BCUT2D eigenvalue weighted by molar-refractivity contribution is 0.407. The Bertz CT molecular complexity index is 362. The van der Waals surface area contributed by atoms with Gasteiger partial charge >= 0.3 is 0 Å². The first-order valence-corrected chi connectivity index (χ1v) is 8.63. The molecule has 1 saturated carbocycles. The second-order valence-electron chi connectivity index (χ2n) is 6.36. The van der Waals surface area contributed by atoms with E-state index in [0.717, 1.165) is 18.9 Å². The van der Waals surface area contributed by atoms with Gasteiger partial charge in [0.25, 0.3) is 0 Å². The topological polar surface area (TPSA) is 12.0 Å². The predicted octanol–water partition coefficient (Wildman–Crippen LogP) is 4.74. The summed E-state index contributed by atoms with van der Waals surface area (Å²) in [7, 11) is 0. The molecular formula is C19H31N. The van der Waals surface area contributed by atoms with Crippen LogP contribution in [0.25, 0.3) is 0 Å². The normalized spacial score (nSPS) is 17.5. The van der Waals surface area contributed by atoms with Crippen molar-refractivity contribution in [2.75, 3.05) is 6.54 Å². The zero-order valence-electron chi connectivity index (χ0n) is 13.3. The summed E-state index contributed by atoms with van der Waals surface area (Å²) in [6.07, 6.45) is 11.0. The Hall–Kier alpha value is -0.820. The molecule has 1 aromatic carbocycles. The molecular weight excluding hydrogens is 242 g/mol. The van der Waals surface area contributed by atoms with Gasteiger partial charge in [-0.15, -0.1) is 0 Å². The minimum absolute atomic E-state index is 0.660. The fraction of sp³-hybridized carbons (Fsp3) is 0.684. The maximum atomic E-state index is 3.68. The average molecular weight is 273 g/mol. The molecule has 1 heteroatoms. The van der Waals surface area contributed by atoms with E-state index >= 15 is 0 Å². The van der Waals surface area contributed by atoms with Crippen LogP contribution in [0, 0.1) is 5.92 Å². The van der Waals surface area contributed by atoms with Crippen LogP contribution in [0.15, 0.2) is 24.3 Å². The lowest BCUT2D eigenvalue weighted by Gasteiger charge is -2.20. The summed E-state index contributed by atoms with van der Waals surface area (Å²) in [5.41, 5.74) is 2.93. The molecule has 1 atom stereocenters. The minimum Gasteiger partial charge on any atom is -0.314 e. The van der Waals surface area contributed by atoms with E-state index in [1.807, 2.05) is 0 Å². The third-order valence-corrected chi connectivity index (χ3v) is 4.80. The molecule has 2 rings (SSSR count). The fourth-order valence-corrected chi connectivity index (χ4v) is 3.50. The van der Waals surface area contributed by atoms with Crippen LogP contribution in [0.5, 0.6) is 0 Å². The quantitative estimate of drug-likeness (QED) is 0.721.